The summed E-state index contributed by atoms with van der Waals surface area (Å²) < 4.78 is 38.2. The lowest BCUT2D eigenvalue weighted by Gasteiger charge is -2.20. The van der Waals surface area contributed by atoms with Gasteiger partial charge in [-0.05, 0) is 18.2 Å². The van der Waals surface area contributed by atoms with E-state index in [2.05, 4.69) is 5.32 Å². The van der Waals surface area contributed by atoms with Crippen LogP contribution in [0.5, 0.6) is 11.5 Å². The summed E-state index contributed by atoms with van der Waals surface area (Å²) in [7, 11) is 0. The monoisotopic (exact) mass is 353 g/mol. The van der Waals surface area contributed by atoms with E-state index in [-0.39, 0.29) is 17.0 Å². The van der Waals surface area contributed by atoms with E-state index in [4.69, 9.17) is 21.1 Å². The Kier molecular flexibility index (Phi) is 4.35. The molecule has 5 nitrogen and oxygen atoms in total. The zero-order valence-corrected chi connectivity index (χ0v) is 12.8. The van der Waals surface area contributed by atoms with Crippen molar-refractivity contribution in [3.05, 3.63) is 52.0 Å². The molecule has 0 aliphatic carbocycles. The van der Waals surface area contributed by atoms with Crippen LogP contribution in [-0.2, 0) is 0 Å². The van der Waals surface area contributed by atoms with E-state index in [1.165, 1.54) is 12.1 Å². The van der Waals surface area contributed by atoms with Gasteiger partial charge < -0.3 is 14.8 Å². The van der Waals surface area contributed by atoms with E-state index in [0.29, 0.717) is 36.8 Å². The van der Waals surface area contributed by atoms with Gasteiger partial charge in [-0.1, -0.05) is 11.6 Å². The van der Waals surface area contributed by atoms with Crippen molar-refractivity contribution >= 4 is 29.5 Å². The standard InChI is InChI=1S/C16H10ClF2NO4/c17-11-4-9(5-14-15(11)24-2-1-23-14)20-16(22)10-6-12(18)8(7-21)3-13(10)19/h3-7H,1-2H2,(H,20,22). The number of carbonyl (C=O) groups excluding carboxylic acids is 2. The van der Waals surface area contributed by atoms with Crippen LogP contribution in [0.2, 0.25) is 5.02 Å². The van der Waals surface area contributed by atoms with E-state index >= 15 is 0 Å². The highest BCUT2D eigenvalue weighted by Gasteiger charge is 2.20. The normalized spacial score (nSPS) is 12.6. The number of carbonyl (C=O) groups is 2. The third kappa shape index (κ3) is 3.03. The van der Waals surface area contributed by atoms with Crippen LogP contribution >= 0.6 is 11.6 Å². The van der Waals surface area contributed by atoms with Gasteiger partial charge in [-0.25, -0.2) is 8.78 Å². The molecule has 2 aromatic carbocycles. The number of nitrogens with one attached hydrogen (secondary N) is 1. The molecule has 0 saturated carbocycles. The minimum Gasteiger partial charge on any atom is -0.486 e. The zero-order valence-electron chi connectivity index (χ0n) is 12.1. The number of amides is 1. The maximum atomic E-state index is 13.9. The third-order valence-electron chi connectivity index (χ3n) is 3.31. The van der Waals surface area contributed by atoms with Crippen LogP contribution in [-0.4, -0.2) is 25.4 Å². The number of aldehydes is 1. The zero-order chi connectivity index (χ0) is 17.3. The number of anilines is 1. The maximum absolute atomic E-state index is 13.9. The van der Waals surface area contributed by atoms with Gasteiger partial charge in [-0.15, -0.1) is 0 Å². The fourth-order valence-electron chi connectivity index (χ4n) is 2.21. The van der Waals surface area contributed by atoms with Crippen molar-refractivity contribution in [1.29, 1.82) is 0 Å². The predicted molar refractivity (Wildman–Crippen MR) is 82.1 cm³/mol. The van der Waals surface area contributed by atoms with Gasteiger partial charge in [0.2, 0.25) is 0 Å². The van der Waals surface area contributed by atoms with Crippen molar-refractivity contribution in [3.8, 4) is 11.5 Å². The lowest BCUT2D eigenvalue weighted by molar-refractivity contribution is 0.102. The number of hydrogen-bond donors (Lipinski definition) is 1. The van der Waals surface area contributed by atoms with Crippen LogP contribution in [0.1, 0.15) is 20.7 Å². The Morgan fingerprint density at radius 3 is 2.62 bits per heavy atom. The molecule has 0 saturated heterocycles. The second kappa shape index (κ2) is 6.45. The van der Waals surface area contributed by atoms with Crippen molar-refractivity contribution in [1.82, 2.24) is 0 Å². The summed E-state index contributed by atoms with van der Waals surface area (Å²) in [5.74, 6) is -2.20. The minimum absolute atomic E-state index is 0.167. The Balaban J connectivity index is 1.89. The van der Waals surface area contributed by atoms with Crippen LogP contribution in [0.3, 0.4) is 0 Å². The highest BCUT2D eigenvalue weighted by molar-refractivity contribution is 6.32. The van der Waals surface area contributed by atoms with Crippen LogP contribution in [0.25, 0.3) is 0 Å². The fourth-order valence-corrected chi connectivity index (χ4v) is 2.47. The molecule has 0 atom stereocenters. The molecule has 24 heavy (non-hydrogen) atoms. The lowest BCUT2D eigenvalue weighted by Crippen LogP contribution is -2.17. The molecule has 1 N–H and O–H groups in total. The molecule has 8 heteroatoms. The number of benzene rings is 2. The molecule has 124 valence electrons. The van der Waals surface area contributed by atoms with Gasteiger partial charge in [-0.2, -0.15) is 0 Å². The average molecular weight is 354 g/mol. The minimum atomic E-state index is -1.01. The Bertz CT molecular complexity index is 841. The van der Waals surface area contributed by atoms with Crippen molar-refractivity contribution in [3.63, 3.8) is 0 Å². The van der Waals surface area contributed by atoms with Crippen LogP contribution in [0, 0.1) is 11.6 Å². The largest absolute Gasteiger partial charge is 0.486 e. The van der Waals surface area contributed by atoms with Crippen LogP contribution in [0.15, 0.2) is 24.3 Å². The summed E-state index contributed by atoms with van der Waals surface area (Å²) in [5, 5.41) is 2.61. The SMILES string of the molecule is O=Cc1cc(F)c(C(=O)Nc2cc(Cl)c3c(c2)OCCO3)cc1F. The molecular weight excluding hydrogens is 344 g/mol. The summed E-state index contributed by atoms with van der Waals surface area (Å²) >= 11 is 6.04. The summed E-state index contributed by atoms with van der Waals surface area (Å²) in [6, 6.07) is 4.19. The van der Waals surface area contributed by atoms with Crippen molar-refractivity contribution in [2.75, 3.05) is 18.5 Å². The smallest absolute Gasteiger partial charge is 0.258 e. The molecule has 0 unspecified atom stereocenters. The molecule has 0 fully saturated rings. The quantitative estimate of drug-likeness (QED) is 0.858. The first-order valence-electron chi connectivity index (χ1n) is 6.84. The molecule has 3 rings (SSSR count). The first-order chi connectivity index (χ1) is 11.5. The Hall–Kier alpha value is -2.67. The molecule has 2 aromatic rings. The first kappa shape index (κ1) is 16.2. The van der Waals surface area contributed by atoms with E-state index in [9.17, 15) is 18.4 Å². The Labute approximate surface area is 140 Å². The fraction of sp³-hybridized carbons (Fsp3) is 0.125. The summed E-state index contributed by atoms with van der Waals surface area (Å²) in [4.78, 5) is 22.7. The van der Waals surface area contributed by atoms with E-state index in [0.717, 1.165) is 0 Å². The molecule has 1 aliphatic heterocycles. The second-order valence-corrected chi connectivity index (χ2v) is 5.31. The van der Waals surface area contributed by atoms with E-state index in [1.54, 1.807) is 0 Å². The van der Waals surface area contributed by atoms with Gasteiger partial charge in [0, 0.05) is 11.8 Å². The number of hydrogen-bond acceptors (Lipinski definition) is 4. The van der Waals surface area contributed by atoms with Crippen molar-refractivity contribution < 1.29 is 27.8 Å². The molecule has 1 heterocycles. The van der Waals surface area contributed by atoms with Gasteiger partial charge in [-0.3, -0.25) is 9.59 Å². The maximum Gasteiger partial charge on any atom is 0.258 e. The Morgan fingerprint density at radius 2 is 1.88 bits per heavy atom. The highest BCUT2D eigenvalue weighted by atomic mass is 35.5. The molecule has 1 aliphatic rings. The van der Waals surface area contributed by atoms with E-state index in [1.807, 2.05) is 0 Å². The van der Waals surface area contributed by atoms with Gasteiger partial charge in [0.25, 0.3) is 5.91 Å². The summed E-state index contributed by atoms with van der Waals surface area (Å²) in [6.45, 7) is 0.680. The Morgan fingerprint density at radius 1 is 1.12 bits per heavy atom. The molecule has 0 aromatic heterocycles. The van der Waals surface area contributed by atoms with Gasteiger partial charge in [0.15, 0.2) is 17.8 Å². The number of halogens is 3. The van der Waals surface area contributed by atoms with Crippen molar-refractivity contribution in [2.24, 2.45) is 0 Å². The van der Waals surface area contributed by atoms with Crippen LogP contribution < -0.4 is 14.8 Å². The summed E-state index contributed by atoms with van der Waals surface area (Å²) in [5.41, 5.74) is -0.774. The number of rotatable bonds is 3. The van der Waals surface area contributed by atoms with Gasteiger partial charge in [0.05, 0.1) is 16.1 Å². The van der Waals surface area contributed by atoms with Gasteiger partial charge in [0.1, 0.15) is 24.8 Å². The summed E-state index contributed by atoms with van der Waals surface area (Å²) in [6.07, 6.45) is 0.167. The second-order valence-electron chi connectivity index (χ2n) is 4.91. The molecule has 1 amide bonds. The number of ether oxygens (including phenoxy) is 2. The lowest BCUT2D eigenvalue weighted by atomic mass is 10.1. The van der Waals surface area contributed by atoms with E-state index < -0.39 is 28.7 Å². The number of fused-ring (bicyclic) bond motifs is 1. The molecular formula is C16H10ClF2NO4. The highest BCUT2D eigenvalue weighted by Crippen LogP contribution is 2.40. The first-order valence-corrected chi connectivity index (χ1v) is 7.22. The predicted octanol–water partition coefficient (Wildman–Crippen LogP) is 3.45. The molecule has 0 spiro atoms. The van der Waals surface area contributed by atoms with Crippen LogP contribution in [0.4, 0.5) is 14.5 Å². The average Bonchev–Trinajstić information content (AvgIpc) is 2.56. The van der Waals surface area contributed by atoms with Gasteiger partial charge >= 0.3 is 0 Å². The third-order valence-corrected chi connectivity index (χ3v) is 3.59. The molecule has 0 radical (unpaired) electrons. The molecule has 0 bridgehead atoms. The van der Waals surface area contributed by atoms with Crippen molar-refractivity contribution in [2.45, 2.75) is 0 Å². The topological polar surface area (TPSA) is 64.6 Å².